The number of nitrogens with zero attached hydrogens (tertiary/aromatic N) is 4. The van der Waals surface area contributed by atoms with Gasteiger partial charge in [0.1, 0.15) is 0 Å². The van der Waals surface area contributed by atoms with Gasteiger partial charge in [0, 0.05) is 32.5 Å². The number of hydrogen-bond donors (Lipinski definition) is 2. The molecule has 2 N–H and O–H groups in total. The molecule has 0 bridgehead atoms. The number of likely N-dealkylation sites (tertiary alicyclic amines) is 1. The summed E-state index contributed by atoms with van der Waals surface area (Å²) in [5.41, 5.74) is 0. The average molecular weight is 365 g/mol. The van der Waals surface area contributed by atoms with Gasteiger partial charge in [-0.25, -0.2) is 0 Å². The molecule has 0 aromatic carbocycles. The Bertz CT molecular complexity index is 534. The van der Waals surface area contributed by atoms with E-state index >= 15 is 0 Å². The van der Waals surface area contributed by atoms with Crippen molar-refractivity contribution in [3.8, 4) is 0 Å². The molecular weight excluding hydrogens is 328 g/mol. The van der Waals surface area contributed by atoms with E-state index in [4.69, 9.17) is 4.52 Å². The van der Waals surface area contributed by atoms with Gasteiger partial charge in [0.2, 0.25) is 5.89 Å². The molecule has 0 unspecified atom stereocenters. The van der Waals surface area contributed by atoms with Crippen molar-refractivity contribution in [3.63, 3.8) is 0 Å². The largest absolute Gasteiger partial charge is 0.356 e. The Morgan fingerprint density at radius 2 is 1.92 bits per heavy atom. The summed E-state index contributed by atoms with van der Waals surface area (Å²) in [5, 5.41) is 10.7. The summed E-state index contributed by atoms with van der Waals surface area (Å²) in [6, 6.07) is 0. The Morgan fingerprint density at radius 1 is 1.23 bits per heavy atom. The third kappa shape index (κ3) is 7.32. The number of guanidine groups is 1. The third-order valence-corrected chi connectivity index (χ3v) is 4.90. The number of nitrogens with one attached hydrogen (secondary N) is 2. The van der Waals surface area contributed by atoms with Crippen LogP contribution in [0.5, 0.6) is 0 Å². The predicted molar refractivity (Wildman–Crippen MR) is 106 cm³/mol. The summed E-state index contributed by atoms with van der Waals surface area (Å²) in [4.78, 5) is 11.3. The molecule has 0 amide bonds. The number of rotatable bonds is 9. The molecule has 0 radical (unpaired) electrons. The SMILES string of the molecule is CN=C(NCCCc1nc(C(C)C)no1)NCCCN1CCC(C)CC1. The first-order valence-corrected chi connectivity index (χ1v) is 10.1. The van der Waals surface area contributed by atoms with Gasteiger partial charge >= 0.3 is 0 Å². The lowest BCUT2D eigenvalue weighted by atomic mass is 9.99. The second-order valence-corrected chi connectivity index (χ2v) is 7.61. The molecule has 0 saturated carbocycles. The Labute approximate surface area is 158 Å². The van der Waals surface area contributed by atoms with Crippen LogP contribution < -0.4 is 10.6 Å². The van der Waals surface area contributed by atoms with Gasteiger partial charge in [-0.15, -0.1) is 0 Å². The standard InChI is InChI=1S/C19H36N6O/c1-15(2)18-23-17(26-24-18)7-5-10-21-19(20-4)22-11-6-12-25-13-8-16(3)9-14-25/h15-16H,5-14H2,1-4H3,(H2,20,21,22). The molecule has 1 saturated heterocycles. The molecule has 7 heteroatoms. The first-order valence-electron chi connectivity index (χ1n) is 10.1. The lowest BCUT2D eigenvalue weighted by Gasteiger charge is -2.30. The molecule has 1 aromatic rings. The molecule has 1 aliphatic heterocycles. The minimum Gasteiger partial charge on any atom is -0.356 e. The number of piperidine rings is 1. The lowest BCUT2D eigenvalue weighted by Crippen LogP contribution is -2.40. The number of hydrogen-bond acceptors (Lipinski definition) is 5. The van der Waals surface area contributed by atoms with E-state index in [1.807, 2.05) is 7.05 Å². The van der Waals surface area contributed by atoms with Crippen LogP contribution in [0.25, 0.3) is 0 Å². The van der Waals surface area contributed by atoms with Crippen molar-refractivity contribution in [2.45, 2.75) is 58.8 Å². The zero-order valence-corrected chi connectivity index (χ0v) is 16.9. The number of aliphatic imine (C=N–C) groups is 1. The fourth-order valence-electron chi connectivity index (χ4n) is 3.07. The highest BCUT2D eigenvalue weighted by atomic mass is 16.5. The van der Waals surface area contributed by atoms with Crippen LogP contribution in [0.2, 0.25) is 0 Å². The van der Waals surface area contributed by atoms with E-state index in [0.717, 1.165) is 50.1 Å². The summed E-state index contributed by atoms with van der Waals surface area (Å²) >= 11 is 0. The van der Waals surface area contributed by atoms with E-state index < -0.39 is 0 Å². The van der Waals surface area contributed by atoms with E-state index in [9.17, 15) is 0 Å². The number of aryl methyl sites for hydroxylation is 1. The topological polar surface area (TPSA) is 78.6 Å². The van der Waals surface area contributed by atoms with Crippen LogP contribution in [0.1, 0.15) is 64.1 Å². The van der Waals surface area contributed by atoms with Gasteiger partial charge in [0.25, 0.3) is 0 Å². The van der Waals surface area contributed by atoms with Crippen molar-refractivity contribution >= 4 is 5.96 Å². The van der Waals surface area contributed by atoms with Crippen molar-refractivity contribution in [1.29, 1.82) is 0 Å². The first kappa shape index (κ1) is 20.7. The van der Waals surface area contributed by atoms with Gasteiger partial charge in [0.05, 0.1) is 0 Å². The van der Waals surface area contributed by atoms with Crippen molar-refractivity contribution < 1.29 is 4.52 Å². The summed E-state index contributed by atoms with van der Waals surface area (Å²) < 4.78 is 5.26. The number of aromatic nitrogens is 2. The molecule has 1 fully saturated rings. The molecule has 2 rings (SSSR count). The monoisotopic (exact) mass is 364 g/mol. The lowest BCUT2D eigenvalue weighted by molar-refractivity contribution is 0.191. The molecule has 0 atom stereocenters. The Kier molecular flexibility index (Phi) is 8.88. The van der Waals surface area contributed by atoms with Gasteiger partial charge in [-0.3, -0.25) is 4.99 Å². The summed E-state index contributed by atoms with van der Waals surface area (Å²) in [6.07, 6.45) is 5.56. The second-order valence-electron chi connectivity index (χ2n) is 7.61. The van der Waals surface area contributed by atoms with E-state index in [2.05, 4.69) is 51.4 Å². The van der Waals surface area contributed by atoms with Crippen molar-refractivity contribution in [2.75, 3.05) is 39.8 Å². The molecular formula is C19H36N6O. The smallest absolute Gasteiger partial charge is 0.226 e. The van der Waals surface area contributed by atoms with Gasteiger partial charge < -0.3 is 20.1 Å². The zero-order valence-electron chi connectivity index (χ0n) is 16.9. The highest BCUT2D eigenvalue weighted by molar-refractivity contribution is 5.79. The van der Waals surface area contributed by atoms with E-state index in [0.29, 0.717) is 11.8 Å². The maximum absolute atomic E-state index is 5.26. The maximum atomic E-state index is 5.26. The second kappa shape index (κ2) is 11.2. The zero-order chi connectivity index (χ0) is 18.8. The van der Waals surface area contributed by atoms with Crippen molar-refractivity contribution in [2.24, 2.45) is 10.9 Å². The van der Waals surface area contributed by atoms with E-state index in [1.54, 1.807) is 0 Å². The average Bonchev–Trinajstić information content (AvgIpc) is 3.11. The molecule has 7 nitrogen and oxygen atoms in total. The fraction of sp³-hybridized carbons (Fsp3) is 0.842. The quantitative estimate of drug-likeness (QED) is 0.398. The van der Waals surface area contributed by atoms with Gasteiger partial charge in [-0.1, -0.05) is 25.9 Å². The minimum atomic E-state index is 0.307. The Balaban J connectivity index is 1.53. The molecule has 1 aliphatic rings. The van der Waals surface area contributed by atoms with Gasteiger partial charge in [-0.05, 0) is 51.2 Å². The van der Waals surface area contributed by atoms with E-state index in [-0.39, 0.29) is 0 Å². The molecule has 148 valence electrons. The highest BCUT2D eigenvalue weighted by Crippen LogP contribution is 2.15. The molecule has 0 spiro atoms. The highest BCUT2D eigenvalue weighted by Gasteiger charge is 2.14. The van der Waals surface area contributed by atoms with Crippen LogP contribution in [0, 0.1) is 5.92 Å². The van der Waals surface area contributed by atoms with Gasteiger partial charge in [-0.2, -0.15) is 4.98 Å². The van der Waals surface area contributed by atoms with Crippen LogP contribution in [-0.4, -0.2) is 60.8 Å². The van der Waals surface area contributed by atoms with Crippen LogP contribution in [-0.2, 0) is 6.42 Å². The van der Waals surface area contributed by atoms with Crippen LogP contribution in [0.3, 0.4) is 0 Å². The van der Waals surface area contributed by atoms with E-state index in [1.165, 1.54) is 32.5 Å². The molecule has 0 aliphatic carbocycles. The van der Waals surface area contributed by atoms with Crippen LogP contribution >= 0.6 is 0 Å². The molecule has 2 heterocycles. The minimum absolute atomic E-state index is 0.307. The molecule has 26 heavy (non-hydrogen) atoms. The van der Waals surface area contributed by atoms with Crippen molar-refractivity contribution in [1.82, 2.24) is 25.7 Å². The summed E-state index contributed by atoms with van der Waals surface area (Å²) in [6.45, 7) is 12.0. The summed E-state index contributed by atoms with van der Waals surface area (Å²) in [5.74, 6) is 3.58. The maximum Gasteiger partial charge on any atom is 0.226 e. The predicted octanol–water partition coefficient (Wildman–Crippen LogP) is 2.41. The van der Waals surface area contributed by atoms with Crippen molar-refractivity contribution in [3.05, 3.63) is 11.7 Å². The Morgan fingerprint density at radius 3 is 2.54 bits per heavy atom. The fourth-order valence-corrected chi connectivity index (χ4v) is 3.07. The Hall–Kier alpha value is -1.63. The van der Waals surface area contributed by atoms with Crippen LogP contribution in [0.4, 0.5) is 0 Å². The normalized spacial score (nSPS) is 17.0. The third-order valence-electron chi connectivity index (χ3n) is 4.90. The van der Waals surface area contributed by atoms with Gasteiger partial charge in [0.15, 0.2) is 11.8 Å². The summed E-state index contributed by atoms with van der Waals surface area (Å²) in [7, 11) is 1.81. The van der Waals surface area contributed by atoms with Crippen LogP contribution in [0.15, 0.2) is 9.52 Å². The molecule has 1 aromatic heterocycles. The first-order chi connectivity index (χ1) is 12.6.